The van der Waals surface area contributed by atoms with Crippen LogP contribution in [0, 0.1) is 11.3 Å². The van der Waals surface area contributed by atoms with Gasteiger partial charge in [-0.25, -0.2) is 4.98 Å². The van der Waals surface area contributed by atoms with Gasteiger partial charge in [-0.3, -0.25) is 0 Å². The SMILES string of the molecule is N#Cc1ccnc(Nc2ccc(Cl)c(Cl)c2)c1. The number of aromatic nitrogens is 1. The first-order chi connectivity index (χ1) is 8.19. The maximum atomic E-state index is 8.76. The molecule has 1 N–H and O–H groups in total. The maximum absolute atomic E-state index is 8.76. The van der Waals surface area contributed by atoms with Crippen LogP contribution in [0.3, 0.4) is 0 Å². The van der Waals surface area contributed by atoms with E-state index in [1.54, 1.807) is 36.5 Å². The van der Waals surface area contributed by atoms with Crippen molar-refractivity contribution in [2.75, 3.05) is 5.32 Å². The molecule has 0 aliphatic rings. The number of nitrogens with zero attached hydrogens (tertiary/aromatic N) is 2. The highest BCUT2D eigenvalue weighted by Crippen LogP contribution is 2.26. The van der Waals surface area contributed by atoms with E-state index in [0.717, 1.165) is 5.69 Å². The molecule has 1 aromatic carbocycles. The lowest BCUT2D eigenvalue weighted by Crippen LogP contribution is -1.93. The first-order valence-corrected chi connectivity index (χ1v) is 5.53. The Balaban J connectivity index is 2.25. The van der Waals surface area contributed by atoms with Gasteiger partial charge in [0, 0.05) is 11.9 Å². The van der Waals surface area contributed by atoms with Gasteiger partial charge >= 0.3 is 0 Å². The van der Waals surface area contributed by atoms with Crippen LogP contribution in [0.5, 0.6) is 0 Å². The fourth-order valence-corrected chi connectivity index (χ4v) is 1.59. The number of halogens is 2. The summed E-state index contributed by atoms with van der Waals surface area (Å²) < 4.78 is 0. The maximum Gasteiger partial charge on any atom is 0.131 e. The Labute approximate surface area is 109 Å². The molecule has 0 amide bonds. The van der Waals surface area contributed by atoms with Gasteiger partial charge in [0.2, 0.25) is 0 Å². The van der Waals surface area contributed by atoms with Crippen LogP contribution in [0.2, 0.25) is 10.0 Å². The number of anilines is 2. The van der Waals surface area contributed by atoms with Gasteiger partial charge in [0.15, 0.2) is 0 Å². The number of hydrogen-bond donors (Lipinski definition) is 1. The van der Waals surface area contributed by atoms with Crippen molar-refractivity contribution in [1.82, 2.24) is 4.98 Å². The summed E-state index contributed by atoms with van der Waals surface area (Å²) in [6.07, 6.45) is 1.57. The minimum absolute atomic E-state index is 0.466. The van der Waals surface area contributed by atoms with E-state index in [2.05, 4.69) is 10.3 Å². The second kappa shape index (κ2) is 5.05. The molecule has 0 fully saturated rings. The van der Waals surface area contributed by atoms with Gasteiger partial charge in [-0.2, -0.15) is 5.26 Å². The van der Waals surface area contributed by atoms with Gasteiger partial charge in [-0.1, -0.05) is 23.2 Å². The Morgan fingerprint density at radius 1 is 1.12 bits per heavy atom. The number of nitrogens with one attached hydrogen (secondary N) is 1. The first-order valence-electron chi connectivity index (χ1n) is 4.77. The zero-order valence-electron chi connectivity index (χ0n) is 8.61. The molecule has 3 nitrogen and oxygen atoms in total. The molecule has 0 spiro atoms. The van der Waals surface area contributed by atoms with E-state index < -0.39 is 0 Å². The molecule has 17 heavy (non-hydrogen) atoms. The molecule has 0 saturated heterocycles. The van der Waals surface area contributed by atoms with E-state index in [1.807, 2.05) is 6.07 Å². The summed E-state index contributed by atoms with van der Waals surface area (Å²) in [6.45, 7) is 0. The Bertz CT molecular complexity index is 591. The molecule has 2 rings (SSSR count). The van der Waals surface area contributed by atoms with Gasteiger partial charge in [-0.15, -0.1) is 0 Å². The molecule has 0 saturated carbocycles. The van der Waals surface area contributed by atoms with Gasteiger partial charge < -0.3 is 5.32 Å². The van der Waals surface area contributed by atoms with Crippen molar-refractivity contribution in [3.05, 3.63) is 52.1 Å². The van der Waals surface area contributed by atoms with E-state index in [-0.39, 0.29) is 0 Å². The van der Waals surface area contributed by atoms with E-state index in [0.29, 0.717) is 21.4 Å². The van der Waals surface area contributed by atoms with Crippen molar-refractivity contribution in [2.24, 2.45) is 0 Å². The van der Waals surface area contributed by atoms with Crippen LogP contribution in [0.25, 0.3) is 0 Å². The highest BCUT2D eigenvalue weighted by atomic mass is 35.5. The summed E-state index contributed by atoms with van der Waals surface area (Å²) >= 11 is 11.7. The highest BCUT2D eigenvalue weighted by molar-refractivity contribution is 6.42. The summed E-state index contributed by atoms with van der Waals surface area (Å²) in [5.41, 5.74) is 1.31. The molecule has 5 heteroatoms. The van der Waals surface area contributed by atoms with Crippen LogP contribution in [0.15, 0.2) is 36.5 Å². The first kappa shape index (κ1) is 11.7. The molecule has 0 aliphatic heterocycles. The summed E-state index contributed by atoms with van der Waals surface area (Å²) in [6, 6.07) is 10.5. The average molecular weight is 264 g/mol. The normalized spacial score (nSPS) is 9.71. The Kier molecular flexibility index (Phi) is 3.48. The fourth-order valence-electron chi connectivity index (χ4n) is 1.29. The topological polar surface area (TPSA) is 48.7 Å². The molecule has 2 aromatic rings. The zero-order chi connectivity index (χ0) is 12.3. The van der Waals surface area contributed by atoms with Crippen LogP contribution in [-0.2, 0) is 0 Å². The third kappa shape index (κ3) is 2.88. The lowest BCUT2D eigenvalue weighted by molar-refractivity contribution is 1.29. The van der Waals surface area contributed by atoms with Crippen molar-refractivity contribution >= 4 is 34.7 Å². The van der Waals surface area contributed by atoms with Crippen molar-refractivity contribution in [3.63, 3.8) is 0 Å². The second-order valence-corrected chi connectivity index (χ2v) is 4.11. The van der Waals surface area contributed by atoms with Crippen molar-refractivity contribution in [2.45, 2.75) is 0 Å². The van der Waals surface area contributed by atoms with Crippen LogP contribution >= 0.6 is 23.2 Å². The standard InChI is InChI=1S/C12H7Cl2N3/c13-10-2-1-9(6-11(10)14)17-12-5-8(7-15)3-4-16-12/h1-6H,(H,16,17). The summed E-state index contributed by atoms with van der Waals surface area (Å²) in [7, 11) is 0. The second-order valence-electron chi connectivity index (χ2n) is 3.30. The van der Waals surface area contributed by atoms with Crippen molar-refractivity contribution in [1.29, 1.82) is 5.26 Å². The molecule has 0 aliphatic carbocycles. The fraction of sp³-hybridized carbons (Fsp3) is 0. The Hall–Kier alpha value is -1.76. The van der Waals surface area contributed by atoms with E-state index in [4.69, 9.17) is 28.5 Å². The largest absolute Gasteiger partial charge is 0.340 e. The van der Waals surface area contributed by atoms with E-state index in [9.17, 15) is 0 Å². The predicted molar refractivity (Wildman–Crippen MR) is 68.7 cm³/mol. The number of benzene rings is 1. The monoisotopic (exact) mass is 263 g/mol. The molecule has 0 unspecified atom stereocenters. The molecule has 1 heterocycles. The zero-order valence-corrected chi connectivity index (χ0v) is 10.1. The molecule has 84 valence electrons. The van der Waals surface area contributed by atoms with E-state index in [1.165, 1.54) is 0 Å². The summed E-state index contributed by atoms with van der Waals surface area (Å²) in [5, 5.41) is 12.8. The highest BCUT2D eigenvalue weighted by Gasteiger charge is 2.01. The van der Waals surface area contributed by atoms with Gasteiger partial charge in [-0.05, 0) is 30.3 Å². The molecule has 0 radical (unpaired) electrons. The summed E-state index contributed by atoms with van der Waals surface area (Å²) in [5.74, 6) is 0.586. The smallest absolute Gasteiger partial charge is 0.131 e. The van der Waals surface area contributed by atoms with E-state index >= 15 is 0 Å². The quantitative estimate of drug-likeness (QED) is 0.891. The van der Waals surface area contributed by atoms with Gasteiger partial charge in [0.1, 0.15) is 5.82 Å². The third-order valence-corrected chi connectivity index (χ3v) is 2.82. The van der Waals surface area contributed by atoms with Crippen LogP contribution in [0.1, 0.15) is 5.56 Å². The average Bonchev–Trinajstić information content (AvgIpc) is 2.34. The molecular formula is C12H7Cl2N3. The lowest BCUT2D eigenvalue weighted by Gasteiger charge is -2.06. The lowest BCUT2D eigenvalue weighted by atomic mass is 10.2. The number of nitriles is 1. The van der Waals surface area contributed by atoms with Crippen molar-refractivity contribution in [3.8, 4) is 6.07 Å². The molecule has 1 aromatic heterocycles. The number of rotatable bonds is 2. The Morgan fingerprint density at radius 2 is 1.94 bits per heavy atom. The Morgan fingerprint density at radius 3 is 2.65 bits per heavy atom. The summed E-state index contributed by atoms with van der Waals surface area (Å²) in [4.78, 5) is 4.10. The van der Waals surface area contributed by atoms with Crippen molar-refractivity contribution < 1.29 is 0 Å². The number of hydrogen-bond acceptors (Lipinski definition) is 3. The minimum Gasteiger partial charge on any atom is -0.340 e. The molecule has 0 bridgehead atoms. The van der Waals surface area contributed by atoms with Crippen LogP contribution < -0.4 is 5.32 Å². The van der Waals surface area contributed by atoms with Gasteiger partial charge in [0.25, 0.3) is 0 Å². The molecular weight excluding hydrogens is 257 g/mol. The molecule has 0 atom stereocenters. The van der Waals surface area contributed by atoms with Crippen LogP contribution in [0.4, 0.5) is 11.5 Å². The van der Waals surface area contributed by atoms with Gasteiger partial charge in [0.05, 0.1) is 21.7 Å². The minimum atomic E-state index is 0.466. The third-order valence-electron chi connectivity index (χ3n) is 2.08. The number of pyridine rings is 1. The van der Waals surface area contributed by atoms with Crippen LogP contribution in [-0.4, -0.2) is 4.98 Å². The predicted octanol–water partition coefficient (Wildman–Crippen LogP) is 4.00.